The van der Waals surface area contributed by atoms with Crippen molar-refractivity contribution in [1.82, 2.24) is 14.8 Å². The first-order valence-electron chi connectivity index (χ1n) is 12.8. The Bertz CT molecular complexity index is 1560. The summed E-state index contributed by atoms with van der Waals surface area (Å²) >= 11 is 0. The first kappa shape index (κ1) is 24.4. The first-order valence-corrected chi connectivity index (χ1v) is 12.8. The van der Waals surface area contributed by atoms with E-state index in [0.29, 0.717) is 17.4 Å². The number of anilines is 1. The number of hydrogen-bond acceptors (Lipinski definition) is 3. The molecule has 0 saturated carbocycles. The van der Waals surface area contributed by atoms with Crippen LogP contribution in [0.1, 0.15) is 66.7 Å². The molecule has 0 spiro atoms. The van der Waals surface area contributed by atoms with E-state index >= 15 is 0 Å². The highest BCUT2D eigenvalue weighted by atomic mass is 16.1. The number of carbonyl (C=O) groups is 1. The molecule has 0 fully saturated rings. The molecule has 0 saturated heterocycles. The van der Waals surface area contributed by atoms with Crippen molar-refractivity contribution in [2.45, 2.75) is 46.5 Å². The van der Waals surface area contributed by atoms with E-state index in [1.165, 1.54) is 11.1 Å². The van der Waals surface area contributed by atoms with Crippen molar-refractivity contribution in [3.63, 3.8) is 0 Å². The Labute approximate surface area is 218 Å². The Hall–Kier alpha value is -4.25. The number of nitrogens with zero attached hydrogens (tertiary/aromatic N) is 3. The van der Waals surface area contributed by atoms with Gasteiger partial charge >= 0.3 is 0 Å². The molecule has 5 nitrogen and oxygen atoms in total. The average molecular weight is 489 g/mol. The zero-order valence-corrected chi connectivity index (χ0v) is 22.0. The van der Waals surface area contributed by atoms with Crippen LogP contribution in [0.15, 0.2) is 85.1 Å². The summed E-state index contributed by atoms with van der Waals surface area (Å²) in [6.07, 6.45) is 1.83. The number of hydrogen-bond donors (Lipinski definition) is 1. The second kappa shape index (κ2) is 10.0. The van der Waals surface area contributed by atoms with Gasteiger partial charge in [0.25, 0.3) is 5.91 Å². The lowest BCUT2D eigenvalue weighted by Gasteiger charge is -2.12. The van der Waals surface area contributed by atoms with Crippen LogP contribution in [0, 0.1) is 6.92 Å². The Morgan fingerprint density at radius 1 is 0.838 bits per heavy atom. The number of fused-ring (bicyclic) bond motifs is 1. The van der Waals surface area contributed by atoms with Gasteiger partial charge in [-0.3, -0.25) is 4.79 Å². The number of amides is 1. The third kappa shape index (κ3) is 4.90. The molecule has 0 unspecified atom stereocenters. The van der Waals surface area contributed by atoms with Crippen molar-refractivity contribution in [3.8, 4) is 16.9 Å². The van der Waals surface area contributed by atoms with Gasteiger partial charge < -0.3 is 5.32 Å². The van der Waals surface area contributed by atoms with Crippen molar-refractivity contribution in [2.24, 2.45) is 0 Å². The molecule has 0 aliphatic heterocycles. The molecule has 1 N–H and O–H groups in total. The maximum Gasteiger partial charge on any atom is 0.256 e. The van der Waals surface area contributed by atoms with Gasteiger partial charge in [-0.1, -0.05) is 70.2 Å². The number of carbonyl (C=O) groups excluding carboxylic acids is 1. The molecule has 3 aromatic carbocycles. The van der Waals surface area contributed by atoms with Crippen LogP contribution in [0.4, 0.5) is 5.69 Å². The topological polar surface area (TPSA) is 59.8 Å². The van der Waals surface area contributed by atoms with Crippen LogP contribution >= 0.6 is 0 Å². The van der Waals surface area contributed by atoms with Gasteiger partial charge in [0.05, 0.1) is 34.4 Å². The molecule has 2 heterocycles. The minimum atomic E-state index is -0.161. The number of pyridine rings is 1. The van der Waals surface area contributed by atoms with Gasteiger partial charge in [0, 0.05) is 16.6 Å². The molecular formula is C32H32N4O. The lowest BCUT2D eigenvalue weighted by Crippen LogP contribution is -2.13. The zero-order chi connectivity index (χ0) is 26.1. The molecule has 0 aliphatic carbocycles. The average Bonchev–Trinajstić information content (AvgIpc) is 3.29. The lowest BCUT2D eigenvalue weighted by molar-refractivity contribution is 0.102. The fourth-order valence-electron chi connectivity index (χ4n) is 4.57. The Kier molecular flexibility index (Phi) is 6.62. The summed E-state index contributed by atoms with van der Waals surface area (Å²) in [7, 11) is 0. The van der Waals surface area contributed by atoms with Crippen LogP contribution in [0.3, 0.4) is 0 Å². The summed E-state index contributed by atoms with van der Waals surface area (Å²) in [5.74, 6) is 0.753. The van der Waals surface area contributed by atoms with Gasteiger partial charge in [0.1, 0.15) is 0 Å². The lowest BCUT2D eigenvalue weighted by atomic mass is 10.0. The molecule has 5 rings (SSSR count). The fraction of sp³-hybridized carbons (Fsp3) is 0.219. The summed E-state index contributed by atoms with van der Waals surface area (Å²) in [5.41, 5.74) is 8.24. The fourth-order valence-corrected chi connectivity index (χ4v) is 4.57. The number of nitrogens with one attached hydrogen (secondary N) is 1. The highest BCUT2D eigenvalue weighted by Gasteiger charge is 2.18. The highest BCUT2D eigenvalue weighted by Crippen LogP contribution is 2.29. The third-order valence-corrected chi connectivity index (χ3v) is 6.89. The summed E-state index contributed by atoms with van der Waals surface area (Å²) < 4.78 is 1.92. The van der Waals surface area contributed by atoms with Crippen molar-refractivity contribution in [1.29, 1.82) is 0 Å². The molecule has 0 aliphatic rings. The SMILES string of the molecule is Cc1c(-c2cc(C(=O)Nc3ccc(C(C)C)cc3)c3ccccc3n2)cnn1-c1ccc(C(C)C)cc1. The minimum absolute atomic E-state index is 0.161. The number of para-hydroxylation sites is 1. The standard InChI is InChI=1S/C32H32N4O/c1-20(2)23-10-14-25(15-11-23)34-32(37)28-18-31(35-30-9-7-6-8-27(28)30)29-19-33-36(22(29)5)26-16-12-24(13-17-26)21(3)4/h6-21H,1-5H3,(H,34,37). The van der Waals surface area contributed by atoms with Crippen LogP contribution < -0.4 is 5.32 Å². The Morgan fingerprint density at radius 2 is 1.46 bits per heavy atom. The maximum atomic E-state index is 13.5. The number of rotatable bonds is 6. The van der Waals surface area contributed by atoms with E-state index in [-0.39, 0.29) is 5.91 Å². The minimum Gasteiger partial charge on any atom is -0.322 e. The molecule has 0 atom stereocenters. The van der Waals surface area contributed by atoms with Gasteiger partial charge in [-0.15, -0.1) is 0 Å². The maximum absolute atomic E-state index is 13.5. The zero-order valence-electron chi connectivity index (χ0n) is 22.0. The third-order valence-electron chi connectivity index (χ3n) is 6.89. The molecule has 0 radical (unpaired) electrons. The summed E-state index contributed by atoms with van der Waals surface area (Å²) in [6, 6.07) is 26.1. The quantitative estimate of drug-likeness (QED) is 0.264. The molecule has 0 bridgehead atoms. The summed E-state index contributed by atoms with van der Waals surface area (Å²) in [5, 5.41) is 8.54. The summed E-state index contributed by atoms with van der Waals surface area (Å²) in [4.78, 5) is 18.4. The Morgan fingerprint density at radius 3 is 2.11 bits per heavy atom. The molecule has 5 aromatic rings. The molecule has 37 heavy (non-hydrogen) atoms. The predicted octanol–water partition coefficient (Wildman–Crippen LogP) is 7.90. The smallest absolute Gasteiger partial charge is 0.256 e. The van der Waals surface area contributed by atoms with Crippen LogP contribution in [0.25, 0.3) is 27.8 Å². The van der Waals surface area contributed by atoms with E-state index in [0.717, 1.165) is 39.2 Å². The molecule has 5 heteroatoms. The second-order valence-corrected chi connectivity index (χ2v) is 10.1. The van der Waals surface area contributed by atoms with Gasteiger partial charge in [-0.25, -0.2) is 9.67 Å². The predicted molar refractivity (Wildman–Crippen MR) is 152 cm³/mol. The van der Waals surface area contributed by atoms with Gasteiger partial charge in [0.2, 0.25) is 0 Å². The molecule has 2 aromatic heterocycles. The van der Waals surface area contributed by atoms with Gasteiger partial charge in [-0.2, -0.15) is 5.10 Å². The van der Waals surface area contributed by atoms with Crippen molar-refractivity contribution in [3.05, 3.63) is 107 Å². The van der Waals surface area contributed by atoms with Crippen LogP contribution in [0.2, 0.25) is 0 Å². The van der Waals surface area contributed by atoms with Crippen molar-refractivity contribution < 1.29 is 4.79 Å². The monoisotopic (exact) mass is 488 g/mol. The van der Waals surface area contributed by atoms with E-state index in [4.69, 9.17) is 4.98 Å². The molecular weight excluding hydrogens is 456 g/mol. The van der Waals surface area contributed by atoms with Crippen molar-refractivity contribution in [2.75, 3.05) is 5.32 Å². The normalized spacial score (nSPS) is 11.4. The number of benzene rings is 3. The largest absolute Gasteiger partial charge is 0.322 e. The summed E-state index contributed by atoms with van der Waals surface area (Å²) in [6.45, 7) is 10.7. The van der Waals surface area contributed by atoms with E-state index < -0.39 is 0 Å². The van der Waals surface area contributed by atoms with Gasteiger partial charge in [-0.05, 0) is 66.3 Å². The van der Waals surface area contributed by atoms with E-state index in [2.05, 4.69) is 74.5 Å². The molecule has 1 amide bonds. The first-order chi connectivity index (χ1) is 17.8. The number of aromatic nitrogens is 3. The Balaban J connectivity index is 1.52. The van der Waals surface area contributed by atoms with Crippen LogP contribution in [-0.2, 0) is 0 Å². The van der Waals surface area contributed by atoms with Crippen molar-refractivity contribution >= 4 is 22.5 Å². The van der Waals surface area contributed by atoms with E-state index in [1.807, 2.05) is 60.3 Å². The highest BCUT2D eigenvalue weighted by molar-refractivity contribution is 6.13. The van der Waals surface area contributed by atoms with Crippen LogP contribution in [0.5, 0.6) is 0 Å². The second-order valence-electron chi connectivity index (χ2n) is 10.1. The molecule has 186 valence electrons. The van der Waals surface area contributed by atoms with E-state index in [9.17, 15) is 4.79 Å². The van der Waals surface area contributed by atoms with E-state index in [1.54, 1.807) is 0 Å². The van der Waals surface area contributed by atoms with Crippen LogP contribution in [-0.4, -0.2) is 20.7 Å². The van der Waals surface area contributed by atoms with Gasteiger partial charge in [0.15, 0.2) is 0 Å².